The molecule has 5 nitrogen and oxygen atoms in total. The molecule has 0 aliphatic carbocycles. The van der Waals surface area contributed by atoms with Gasteiger partial charge in [-0.1, -0.05) is 35.9 Å². The van der Waals surface area contributed by atoms with E-state index in [0.717, 1.165) is 12.8 Å². The van der Waals surface area contributed by atoms with E-state index >= 15 is 0 Å². The zero-order chi connectivity index (χ0) is 19.2. The fourth-order valence-corrected chi connectivity index (χ4v) is 3.33. The van der Waals surface area contributed by atoms with Gasteiger partial charge >= 0.3 is 0 Å². The predicted octanol–water partition coefficient (Wildman–Crippen LogP) is 3.17. The number of amides is 2. The number of ether oxygens (including phenoxy) is 1. The lowest BCUT2D eigenvalue weighted by atomic mass is 10.0. The number of fused-ring (bicyclic) bond motifs is 1. The Kier molecular flexibility index (Phi) is 6.12. The van der Waals surface area contributed by atoms with Crippen LogP contribution in [0.3, 0.4) is 0 Å². The summed E-state index contributed by atoms with van der Waals surface area (Å²) in [6, 6.07) is 13.8. The normalized spacial score (nSPS) is 13.6. The van der Waals surface area contributed by atoms with E-state index < -0.39 is 0 Å². The van der Waals surface area contributed by atoms with Crippen molar-refractivity contribution in [2.24, 2.45) is 0 Å². The summed E-state index contributed by atoms with van der Waals surface area (Å²) in [7, 11) is 0. The van der Waals surface area contributed by atoms with Crippen molar-refractivity contribution in [3.63, 3.8) is 0 Å². The molecule has 0 bridgehead atoms. The minimum absolute atomic E-state index is 0.0166. The standard InChI is InChI=1S/C22H26N2O3/c1-16-9-10-18(17(2)14-16)6-5-12-23-21(25)15-24-19-7-3-4-8-20(19)27-13-11-22(24)26/h3-4,7-10,14H,5-6,11-13,15H2,1-2H3,(H,23,25). The molecule has 142 valence electrons. The third-order valence-corrected chi connectivity index (χ3v) is 4.78. The molecule has 1 N–H and O–H groups in total. The highest BCUT2D eigenvalue weighted by atomic mass is 16.5. The van der Waals surface area contributed by atoms with Crippen LogP contribution in [0, 0.1) is 13.8 Å². The van der Waals surface area contributed by atoms with Crippen LogP contribution in [0.2, 0.25) is 0 Å². The molecule has 2 aromatic rings. The molecule has 0 unspecified atom stereocenters. The van der Waals surface area contributed by atoms with Gasteiger partial charge in [-0.15, -0.1) is 0 Å². The summed E-state index contributed by atoms with van der Waals surface area (Å²) in [6.45, 7) is 5.15. The highest BCUT2D eigenvalue weighted by molar-refractivity contribution is 6.00. The maximum absolute atomic E-state index is 12.4. The van der Waals surface area contributed by atoms with Crippen molar-refractivity contribution in [1.82, 2.24) is 5.32 Å². The van der Waals surface area contributed by atoms with Gasteiger partial charge in [0.25, 0.3) is 0 Å². The van der Waals surface area contributed by atoms with Gasteiger partial charge in [0.05, 0.1) is 18.7 Å². The molecule has 0 aromatic heterocycles. The Labute approximate surface area is 160 Å². The molecular weight excluding hydrogens is 340 g/mol. The van der Waals surface area contributed by atoms with Crippen LogP contribution in [0.4, 0.5) is 5.69 Å². The molecule has 0 saturated carbocycles. The summed E-state index contributed by atoms with van der Waals surface area (Å²) < 4.78 is 5.60. The third kappa shape index (κ3) is 4.88. The zero-order valence-corrected chi connectivity index (χ0v) is 16.0. The summed E-state index contributed by atoms with van der Waals surface area (Å²) in [4.78, 5) is 26.2. The van der Waals surface area contributed by atoms with Crippen LogP contribution in [-0.4, -0.2) is 31.5 Å². The zero-order valence-electron chi connectivity index (χ0n) is 16.0. The molecule has 27 heavy (non-hydrogen) atoms. The number of hydrogen-bond donors (Lipinski definition) is 1. The highest BCUT2D eigenvalue weighted by Gasteiger charge is 2.24. The SMILES string of the molecule is Cc1ccc(CCCNC(=O)CN2C(=O)CCOc3ccccc32)c(C)c1. The van der Waals surface area contributed by atoms with Gasteiger partial charge in [-0.25, -0.2) is 0 Å². The monoisotopic (exact) mass is 366 g/mol. The van der Waals surface area contributed by atoms with Crippen LogP contribution in [-0.2, 0) is 16.0 Å². The van der Waals surface area contributed by atoms with Crippen molar-refractivity contribution in [1.29, 1.82) is 0 Å². The molecule has 5 heteroatoms. The quantitative estimate of drug-likeness (QED) is 0.799. The Morgan fingerprint density at radius 1 is 1.19 bits per heavy atom. The molecule has 0 spiro atoms. The molecule has 0 fully saturated rings. The molecule has 0 radical (unpaired) electrons. The summed E-state index contributed by atoms with van der Waals surface area (Å²) in [5.74, 6) is 0.400. The lowest BCUT2D eigenvalue weighted by molar-refractivity contribution is -0.123. The Morgan fingerprint density at radius 2 is 2.00 bits per heavy atom. The van der Waals surface area contributed by atoms with E-state index in [4.69, 9.17) is 4.74 Å². The smallest absolute Gasteiger partial charge is 0.240 e. The van der Waals surface area contributed by atoms with E-state index in [1.165, 1.54) is 21.6 Å². The highest BCUT2D eigenvalue weighted by Crippen LogP contribution is 2.30. The van der Waals surface area contributed by atoms with Crippen molar-refractivity contribution in [3.8, 4) is 5.75 Å². The van der Waals surface area contributed by atoms with Gasteiger partial charge in [0.15, 0.2) is 0 Å². The summed E-state index contributed by atoms with van der Waals surface area (Å²) in [5.41, 5.74) is 4.51. The number of benzene rings is 2. The lowest BCUT2D eigenvalue weighted by Gasteiger charge is -2.21. The number of carbonyl (C=O) groups is 2. The van der Waals surface area contributed by atoms with Gasteiger partial charge < -0.3 is 10.1 Å². The van der Waals surface area contributed by atoms with Gasteiger partial charge in [0, 0.05) is 6.54 Å². The van der Waals surface area contributed by atoms with Crippen molar-refractivity contribution >= 4 is 17.5 Å². The average molecular weight is 366 g/mol. The fraction of sp³-hybridized carbons (Fsp3) is 0.364. The summed E-state index contributed by atoms with van der Waals surface area (Å²) in [5, 5.41) is 2.93. The van der Waals surface area contributed by atoms with Gasteiger partial charge in [0.2, 0.25) is 11.8 Å². The maximum Gasteiger partial charge on any atom is 0.240 e. The van der Waals surface area contributed by atoms with Gasteiger partial charge in [-0.05, 0) is 49.9 Å². The second kappa shape index (κ2) is 8.71. The van der Waals surface area contributed by atoms with Crippen LogP contribution in [0.5, 0.6) is 5.75 Å². The number of rotatable bonds is 6. The predicted molar refractivity (Wildman–Crippen MR) is 106 cm³/mol. The largest absolute Gasteiger partial charge is 0.491 e. The minimum atomic E-state index is -0.152. The van der Waals surface area contributed by atoms with E-state index in [1.807, 2.05) is 24.3 Å². The third-order valence-electron chi connectivity index (χ3n) is 4.78. The van der Waals surface area contributed by atoms with E-state index in [-0.39, 0.29) is 24.8 Å². The van der Waals surface area contributed by atoms with Gasteiger partial charge in [0.1, 0.15) is 12.3 Å². The molecule has 3 rings (SSSR count). The number of carbonyl (C=O) groups excluding carboxylic acids is 2. The van der Waals surface area contributed by atoms with Crippen LogP contribution in [0.1, 0.15) is 29.5 Å². The Balaban J connectivity index is 1.52. The second-order valence-electron chi connectivity index (χ2n) is 6.93. The average Bonchev–Trinajstić information content (AvgIpc) is 2.79. The molecule has 2 amide bonds. The van der Waals surface area contributed by atoms with Crippen LogP contribution < -0.4 is 15.0 Å². The molecule has 2 aromatic carbocycles. The topological polar surface area (TPSA) is 58.6 Å². The first kappa shape index (κ1) is 19.0. The number of hydrogen-bond acceptors (Lipinski definition) is 3. The summed E-state index contributed by atoms with van der Waals surface area (Å²) in [6.07, 6.45) is 2.06. The van der Waals surface area contributed by atoms with E-state index in [9.17, 15) is 9.59 Å². The lowest BCUT2D eigenvalue weighted by Crippen LogP contribution is -2.40. The maximum atomic E-state index is 12.4. The van der Waals surface area contributed by atoms with E-state index in [1.54, 1.807) is 0 Å². The molecular formula is C22H26N2O3. The fourth-order valence-electron chi connectivity index (χ4n) is 3.33. The molecule has 1 aliphatic rings. The summed E-state index contributed by atoms with van der Waals surface area (Å²) >= 11 is 0. The van der Waals surface area contributed by atoms with Crippen LogP contribution in [0.25, 0.3) is 0 Å². The Bertz CT molecular complexity index is 832. The van der Waals surface area contributed by atoms with Crippen LogP contribution in [0.15, 0.2) is 42.5 Å². The molecule has 0 saturated heterocycles. The minimum Gasteiger partial charge on any atom is -0.491 e. The first-order valence-electron chi connectivity index (χ1n) is 9.39. The second-order valence-corrected chi connectivity index (χ2v) is 6.93. The van der Waals surface area contributed by atoms with Gasteiger partial charge in [-0.3, -0.25) is 14.5 Å². The van der Waals surface area contributed by atoms with E-state index in [2.05, 4.69) is 37.4 Å². The first-order chi connectivity index (χ1) is 13.0. The van der Waals surface area contributed by atoms with Crippen LogP contribution >= 0.6 is 0 Å². The van der Waals surface area contributed by atoms with E-state index in [0.29, 0.717) is 24.6 Å². The number of aryl methyl sites for hydroxylation is 3. The molecule has 1 aliphatic heterocycles. The number of para-hydroxylation sites is 2. The Morgan fingerprint density at radius 3 is 2.81 bits per heavy atom. The van der Waals surface area contributed by atoms with Crippen molar-refractivity contribution in [2.75, 3.05) is 24.6 Å². The Hall–Kier alpha value is -2.82. The van der Waals surface area contributed by atoms with Crippen molar-refractivity contribution < 1.29 is 14.3 Å². The number of nitrogens with zero attached hydrogens (tertiary/aromatic N) is 1. The number of nitrogens with one attached hydrogen (secondary N) is 1. The van der Waals surface area contributed by atoms with Crippen molar-refractivity contribution in [3.05, 3.63) is 59.2 Å². The number of anilines is 1. The first-order valence-corrected chi connectivity index (χ1v) is 9.39. The molecule has 1 heterocycles. The van der Waals surface area contributed by atoms with Crippen molar-refractivity contribution in [2.45, 2.75) is 33.1 Å². The molecule has 0 atom stereocenters. The van der Waals surface area contributed by atoms with Gasteiger partial charge in [-0.2, -0.15) is 0 Å².